The topological polar surface area (TPSA) is 49.3 Å². The molecule has 1 aromatic rings. The highest BCUT2D eigenvalue weighted by molar-refractivity contribution is 5.95. The van der Waals surface area contributed by atoms with Crippen LogP contribution in [0.2, 0.25) is 0 Å². The van der Waals surface area contributed by atoms with Crippen LogP contribution in [0, 0.1) is 24.5 Å². The summed E-state index contributed by atoms with van der Waals surface area (Å²) in [5.41, 5.74) is -1.12. The maximum atomic E-state index is 14.0. The Morgan fingerprint density at radius 1 is 1.38 bits per heavy atom. The molecule has 0 radical (unpaired) electrons. The van der Waals surface area contributed by atoms with E-state index in [-0.39, 0.29) is 12.2 Å². The number of amides is 1. The van der Waals surface area contributed by atoms with Crippen LogP contribution in [0.25, 0.3) is 0 Å². The Bertz CT molecular complexity index is 537. The molecule has 116 valence electrons. The zero-order valence-corrected chi connectivity index (χ0v) is 12.4. The molecule has 0 unspecified atom stereocenters. The van der Waals surface area contributed by atoms with E-state index in [4.69, 9.17) is 0 Å². The number of benzene rings is 1. The van der Waals surface area contributed by atoms with Crippen LogP contribution in [0.1, 0.15) is 48.5 Å². The molecule has 2 N–H and O–H groups in total. The molecule has 0 aromatic heterocycles. The molecule has 0 heterocycles. The van der Waals surface area contributed by atoms with Gasteiger partial charge in [-0.1, -0.05) is 13.0 Å². The van der Waals surface area contributed by atoms with Gasteiger partial charge in [-0.3, -0.25) is 4.79 Å². The highest BCUT2D eigenvalue weighted by atomic mass is 19.1. The summed E-state index contributed by atoms with van der Waals surface area (Å²) in [5.74, 6) is -1.98. The molecular weight excluding hydrogens is 276 g/mol. The number of aliphatic hydroxyl groups excluding tert-OH is 1. The van der Waals surface area contributed by atoms with Gasteiger partial charge in [0.2, 0.25) is 0 Å². The number of hydrogen-bond acceptors (Lipinski definition) is 2. The highest BCUT2D eigenvalue weighted by Crippen LogP contribution is 2.32. The first kappa shape index (κ1) is 15.9. The Kier molecular flexibility index (Phi) is 4.61. The van der Waals surface area contributed by atoms with Crippen LogP contribution in [0.5, 0.6) is 0 Å². The summed E-state index contributed by atoms with van der Waals surface area (Å²) in [6, 6.07) is 2.38. The van der Waals surface area contributed by atoms with E-state index in [1.807, 2.05) is 0 Å². The molecule has 0 bridgehead atoms. The van der Waals surface area contributed by atoms with E-state index >= 15 is 0 Å². The van der Waals surface area contributed by atoms with Crippen molar-refractivity contribution in [1.82, 2.24) is 5.32 Å². The van der Waals surface area contributed by atoms with Crippen LogP contribution in [0.4, 0.5) is 8.78 Å². The molecule has 0 saturated heterocycles. The first-order chi connectivity index (χ1) is 9.88. The minimum atomic E-state index is -0.882. The smallest absolute Gasteiger partial charge is 0.257 e. The fourth-order valence-corrected chi connectivity index (χ4v) is 2.81. The minimum absolute atomic E-state index is 0.219. The van der Waals surface area contributed by atoms with Gasteiger partial charge in [-0.05, 0) is 50.2 Å². The Labute approximate surface area is 123 Å². The second kappa shape index (κ2) is 6.10. The maximum Gasteiger partial charge on any atom is 0.257 e. The molecule has 1 saturated carbocycles. The van der Waals surface area contributed by atoms with Gasteiger partial charge in [-0.15, -0.1) is 0 Å². The summed E-state index contributed by atoms with van der Waals surface area (Å²) in [6.45, 7) is 3.37. The van der Waals surface area contributed by atoms with Crippen LogP contribution in [-0.2, 0) is 0 Å². The highest BCUT2D eigenvalue weighted by Gasteiger charge is 2.36. The number of rotatable bonds is 3. The molecule has 1 aliphatic rings. The average Bonchev–Trinajstić information content (AvgIpc) is 2.46. The van der Waals surface area contributed by atoms with Crippen LogP contribution in [0.15, 0.2) is 12.1 Å². The molecule has 1 aromatic carbocycles. The number of carbonyl (C=O) groups excluding carboxylic acids is 1. The van der Waals surface area contributed by atoms with Gasteiger partial charge in [-0.2, -0.15) is 0 Å². The van der Waals surface area contributed by atoms with Crippen LogP contribution < -0.4 is 5.32 Å². The molecule has 3 nitrogen and oxygen atoms in total. The average molecular weight is 297 g/mol. The van der Waals surface area contributed by atoms with Gasteiger partial charge in [0.15, 0.2) is 0 Å². The number of halogens is 2. The van der Waals surface area contributed by atoms with Gasteiger partial charge in [-0.25, -0.2) is 8.78 Å². The zero-order valence-electron chi connectivity index (χ0n) is 12.4. The van der Waals surface area contributed by atoms with Crippen molar-refractivity contribution in [3.8, 4) is 0 Å². The molecule has 0 spiro atoms. The molecular formula is C16H21F2NO2. The molecule has 1 fully saturated rings. The summed E-state index contributed by atoms with van der Waals surface area (Å²) in [5, 5.41) is 12.3. The monoisotopic (exact) mass is 297 g/mol. The van der Waals surface area contributed by atoms with Crippen molar-refractivity contribution in [3.05, 3.63) is 34.9 Å². The maximum absolute atomic E-state index is 14.0. The Morgan fingerprint density at radius 3 is 2.57 bits per heavy atom. The molecule has 0 aliphatic heterocycles. The van der Waals surface area contributed by atoms with Gasteiger partial charge in [0.05, 0.1) is 12.1 Å². The molecule has 21 heavy (non-hydrogen) atoms. The van der Waals surface area contributed by atoms with E-state index in [1.165, 1.54) is 13.0 Å². The molecule has 1 aliphatic carbocycles. The Balaban J connectivity index is 2.23. The first-order valence-corrected chi connectivity index (χ1v) is 7.26. The second-order valence-electron chi connectivity index (χ2n) is 6.13. The lowest BCUT2D eigenvalue weighted by atomic mass is 9.77. The number of carbonyl (C=O) groups is 1. The van der Waals surface area contributed by atoms with E-state index in [0.717, 1.165) is 18.9 Å². The Hall–Kier alpha value is -1.49. The fraction of sp³-hybridized carbons (Fsp3) is 0.562. The van der Waals surface area contributed by atoms with E-state index in [9.17, 15) is 18.7 Å². The summed E-state index contributed by atoms with van der Waals surface area (Å²) < 4.78 is 27.8. The van der Waals surface area contributed by atoms with Crippen LogP contribution in [0.3, 0.4) is 0 Å². The van der Waals surface area contributed by atoms with Crippen molar-refractivity contribution < 1.29 is 18.7 Å². The fourth-order valence-electron chi connectivity index (χ4n) is 2.81. The standard InChI is InChI=1S/C16H21F2NO2/c1-10-5-7-16(9-20,8-6-10)19-15(21)13-12(17)4-3-11(2)14(13)18/h3-4,10,20H,5-9H2,1-2H3,(H,19,21). The van der Waals surface area contributed by atoms with E-state index in [1.54, 1.807) is 0 Å². The normalized spacial score (nSPS) is 25.7. The van der Waals surface area contributed by atoms with Crippen molar-refractivity contribution in [2.45, 2.75) is 45.1 Å². The Morgan fingerprint density at radius 2 is 2.00 bits per heavy atom. The van der Waals surface area contributed by atoms with Crippen LogP contribution >= 0.6 is 0 Å². The molecule has 2 rings (SSSR count). The van der Waals surface area contributed by atoms with Gasteiger partial charge < -0.3 is 10.4 Å². The van der Waals surface area contributed by atoms with Gasteiger partial charge in [0.1, 0.15) is 17.2 Å². The third-order valence-corrected chi connectivity index (χ3v) is 4.42. The summed E-state index contributed by atoms with van der Waals surface area (Å²) in [4.78, 5) is 12.3. The number of hydrogen-bond donors (Lipinski definition) is 2. The predicted molar refractivity (Wildman–Crippen MR) is 76.0 cm³/mol. The SMILES string of the molecule is Cc1ccc(F)c(C(=O)NC2(CO)CCC(C)CC2)c1F. The lowest BCUT2D eigenvalue weighted by molar-refractivity contribution is 0.0709. The van der Waals surface area contributed by atoms with Crippen molar-refractivity contribution in [2.75, 3.05) is 6.61 Å². The predicted octanol–water partition coefficient (Wildman–Crippen LogP) is 2.94. The molecule has 1 amide bonds. The quantitative estimate of drug-likeness (QED) is 0.901. The van der Waals surface area contributed by atoms with Gasteiger partial charge in [0.25, 0.3) is 5.91 Å². The van der Waals surface area contributed by atoms with Crippen molar-refractivity contribution >= 4 is 5.91 Å². The summed E-state index contributed by atoms with van der Waals surface area (Å²) in [6.07, 6.45) is 2.98. The second-order valence-corrected chi connectivity index (χ2v) is 6.13. The van der Waals surface area contributed by atoms with Crippen molar-refractivity contribution in [3.63, 3.8) is 0 Å². The van der Waals surface area contributed by atoms with E-state index in [0.29, 0.717) is 18.8 Å². The molecule has 0 atom stereocenters. The lowest BCUT2D eigenvalue weighted by Crippen LogP contribution is -2.53. The summed E-state index contributed by atoms with van der Waals surface area (Å²) in [7, 11) is 0. The van der Waals surface area contributed by atoms with E-state index < -0.39 is 28.6 Å². The molecule has 5 heteroatoms. The first-order valence-electron chi connectivity index (χ1n) is 7.26. The van der Waals surface area contributed by atoms with E-state index in [2.05, 4.69) is 12.2 Å². The van der Waals surface area contributed by atoms with Crippen molar-refractivity contribution in [2.24, 2.45) is 5.92 Å². The number of aliphatic hydroxyl groups is 1. The largest absolute Gasteiger partial charge is 0.394 e. The lowest BCUT2D eigenvalue weighted by Gasteiger charge is -2.38. The summed E-state index contributed by atoms with van der Waals surface area (Å²) >= 11 is 0. The van der Waals surface area contributed by atoms with Crippen molar-refractivity contribution in [1.29, 1.82) is 0 Å². The minimum Gasteiger partial charge on any atom is -0.394 e. The van der Waals surface area contributed by atoms with Gasteiger partial charge in [0, 0.05) is 0 Å². The zero-order chi connectivity index (χ0) is 15.6. The van der Waals surface area contributed by atoms with Gasteiger partial charge >= 0.3 is 0 Å². The third-order valence-electron chi connectivity index (χ3n) is 4.42. The number of aryl methyl sites for hydroxylation is 1. The number of nitrogens with one attached hydrogen (secondary N) is 1. The third kappa shape index (κ3) is 3.23. The van der Waals surface area contributed by atoms with Crippen LogP contribution in [-0.4, -0.2) is 23.2 Å².